The molecule has 1 amide bonds. The van der Waals surface area contributed by atoms with Crippen LogP contribution >= 0.6 is 0 Å². The van der Waals surface area contributed by atoms with E-state index in [2.05, 4.69) is 39.2 Å². The molecule has 24 heavy (non-hydrogen) atoms. The van der Waals surface area contributed by atoms with Crippen LogP contribution in [0.2, 0.25) is 0 Å². The maximum Gasteiger partial charge on any atom is 0.227 e. The number of hydrogen-bond donors (Lipinski definition) is 0. The number of benzene rings is 1. The van der Waals surface area contributed by atoms with Crippen LogP contribution in [0.4, 0.5) is 0 Å². The summed E-state index contributed by atoms with van der Waals surface area (Å²) in [7, 11) is 0. The summed E-state index contributed by atoms with van der Waals surface area (Å²) in [5.74, 6) is 0.187. The molecule has 0 bridgehead atoms. The topological polar surface area (TPSA) is 51.0 Å². The maximum absolute atomic E-state index is 12.9. The van der Waals surface area contributed by atoms with Crippen molar-refractivity contribution in [2.75, 3.05) is 6.54 Å². The zero-order valence-corrected chi connectivity index (χ0v) is 14.3. The Morgan fingerprint density at radius 2 is 2.12 bits per heavy atom. The Morgan fingerprint density at radius 3 is 2.88 bits per heavy atom. The van der Waals surface area contributed by atoms with Crippen LogP contribution in [0.5, 0.6) is 0 Å². The van der Waals surface area contributed by atoms with Gasteiger partial charge >= 0.3 is 0 Å². The third-order valence-electron chi connectivity index (χ3n) is 4.87. The molecule has 2 aromatic rings. The minimum Gasteiger partial charge on any atom is -0.339 e. The number of amides is 1. The Balaban J connectivity index is 1.59. The molecule has 1 aliphatic heterocycles. The van der Waals surface area contributed by atoms with Gasteiger partial charge in [-0.2, -0.15) is 5.10 Å². The van der Waals surface area contributed by atoms with Gasteiger partial charge < -0.3 is 4.90 Å². The monoisotopic (exact) mass is 326 g/mol. The van der Waals surface area contributed by atoms with Crippen LogP contribution in [-0.4, -0.2) is 38.2 Å². The number of carbonyl (C=O) groups is 1. The molecule has 2 atom stereocenters. The molecule has 1 fully saturated rings. The van der Waals surface area contributed by atoms with Gasteiger partial charge in [-0.3, -0.25) is 9.48 Å². The number of rotatable bonds is 6. The van der Waals surface area contributed by atoms with E-state index in [0.29, 0.717) is 12.6 Å². The van der Waals surface area contributed by atoms with Gasteiger partial charge in [-0.15, -0.1) is 0 Å². The molecule has 0 unspecified atom stereocenters. The molecule has 0 aliphatic carbocycles. The fraction of sp³-hybridized carbons (Fsp3) is 0.526. The van der Waals surface area contributed by atoms with Gasteiger partial charge in [0.2, 0.25) is 5.91 Å². The fourth-order valence-electron chi connectivity index (χ4n) is 3.54. The van der Waals surface area contributed by atoms with Gasteiger partial charge in [-0.05, 0) is 37.7 Å². The normalized spacial score (nSPS) is 19.2. The van der Waals surface area contributed by atoms with Gasteiger partial charge in [-0.25, -0.2) is 4.98 Å². The molecule has 5 heteroatoms. The van der Waals surface area contributed by atoms with E-state index in [0.717, 1.165) is 32.2 Å². The molecule has 1 aromatic heterocycles. The highest BCUT2D eigenvalue weighted by Crippen LogP contribution is 2.23. The lowest BCUT2D eigenvalue weighted by Gasteiger charge is -2.37. The van der Waals surface area contributed by atoms with Gasteiger partial charge in [0, 0.05) is 12.6 Å². The SMILES string of the molecule is C[C@H](Cn1cncn1)C(=O)N1CCCC[C@@H]1CCc1ccccc1. The Hall–Kier alpha value is -2.17. The van der Waals surface area contributed by atoms with Crippen LogP contribution in [0.25, 0.3) is 0 Å². The molecule has 0 N–H and O–H groups in total. The fourth-order valence-corrected chi connectivity index (χ4v) is 3.54. The van der Waals surface area contributed by atoms with Crippen molar-refractivity contribution in [1.29, 1.82) is 0 Å². The van der Waals surface area contributed by atoms with Crippen molar-refractivity contribution >= 4 is 5.91 Å². The molecule has 0 radical (unpaired) electrons. The number of carbonyl (C=O) groups excluding carboxylic acids is 1. The first kappa shape index (κ1) is 16.7. The molecule has 2 heterocycles. The summed E-state index contributed by atoms with van der Waals surface area (Å²) in [6.45, 7) is 3.48. The first-order valence-corrected chi connectivity index (χ1v) is 8.91. The standard InChI is InChI=1S/C19H26N4O/c1-16(13-22-15-20-14-21-22)19(24)23-12-6-5-9-18(23)11-10-17-7-3-2-4-8-17/h2-4,7-8,14-16,18H,5-6,9-13H2,1H3/t16-,18-/m1/s1. The number of aryl methyl sites for hydroxylation is 1. The molecule has 3 rings (SSSR count). The molecule has 5 nitrogen and oxygen atoms in total. The van der Waals surface area contributed by atoms with E-state index in [-0.39, 0.29) is 11.8 Å². The van der Waals surface area contributed by atoms with Crippen molar-refractivity contribution in [3.8, 4) is 0 Å². The highest BCUT2D eigenvalue weighted by Gasteiger charge is 2.29. The van der Waals surface area contributed by atoms with Crippen molar-refractivity contribution < 1.29 is 4.79 Å². The Bertz CT molecular complexity index is 626. The summed E-state index contributed by atoms with van der Waals surface area (Å²) in [5.41, 5.74) is 1.35. The summed E-state index contributed by atoms with van der Waals surface area (Å²) in [4.78, 5) is 19.0. The van der Waals surface area contributed by atoms with Crippen LogP contribution in [0.15, 0.2) is 43.0 Å². The van der Waals surface area contributed by atoms with E-state index in [9.17, 15) is 4.79 Å². The van der Waals surface area contributed by atoms with Gasteiger partial charge in [0.1, 0.15) is 12.7 Å². The Kier molecular flexibility index (Phi) is 5.62. The summed E-state index contributed by atoms with van der Waals surface area (Å²) >= 11 is 0. The molecule has 0 spiro atoms. The van der Waals surface area contributed by atoms with Crippen molar-refractivity contribution in [1.82, 2.24) is 19.7 Å². The van der Waals surface area contributed by atoms with Crippen LogP contribution in [0.1, 0.15) is 38.2 Å². The zero-order valence-electron chi connectivity index (χ0n) is 14.3. The van der Waals surface area contributed by atoms with E-state index in [4.69, 9.17) is 0 Å². The second kappa shape index (κ2) is 8.08. The maximum atomic E-state index is 12.9. The van der Waals surface area contributed by atoms with Crippen molar-refractivity contribution in [3.05, 3.63) is 48.5 Å². The van der Waals surface area contributed by atoms with E-state index in [1.807, 2.05) is 13.0 Å². The van der Waals surface area contributed by atoms with Crippen LogP contribution in [0, 0.1) is 5.92 Å². The molecule has 128 valence electrons. The van der Waals surface area contributed by atoms with E-state index >= 15 is 0 Å². The lowest BCUT2D eigenvalue weighted by atomic mass is 9.94. The quantitative estimate of drug-likeness (QED) is 0.820. The number of piperidine rings is 1. The average molecular weight is 326 g/mol. The minimum atomic E-state index is -0.0657. The Labute approximate surface area is 143 Å². The van der Waals surface area contributed by atoms with Crippen LogP contribution in [0.3, 0.4) is 0 Å². The molecule has 1 aromatic carbocycles. The number of nitrogens with zero attached hydrogens (tertiary/aromatic N) is 4. The first-order valence-electron chi connectivity index (χ1n) is 8.91. The van der Waals surface area contributed by atoms with Gasteiger partial charge in [0.25, 0.3) is 0 Å². The highest BCUT2D eigenvalue weighted by molar-refractivity contribution is 5.78. The average Bonchev–Trinajstić information content (AvgIpc) is 3.13. The van der Waals surface area contributed by atoms with Crippen LogP contribution in [-0.2, 0) is 17.8 Å². The summed E-state index contributed by atoms with van der Waals surface area (Å²) in [5, 5.41) is 4.11. The van der Waals surface area contributed by atoms with Gasteiger partial charge in [-0.1, -0.05) is 37.3 Å². The molecular formula is C19H26N4O. The summed E-state index contributed by atoms with van der Waals surface area (Å²) in [6.07, 6.45) is 8.73. The second-order valence-corrected chi connectivity index (χ2v) is 6.72. The highest BCUT2D eigenvalue weighted by atomic mass is 16.2. The predicted molar refractivity (Wildman–Crippen MR) is 93.3 cm³/mol. The molecule has 0 saturated carbocycles. The van der Waals surface area contributed by atoms with Crippen LogP contribution < -0.4 is 0 Å². The lowest BCUT2D eigenvalue weighted by Crippen LogP contribution is -2.46. The summed E-state index contributed by atoms with van der Waals surface area (Å²) in [6, 6.07) is 10.9. The first-order chi connectivity index (χ1) is 11.7. The minimum absolute atomic E-state index is 0.0657. The number of likely N-dealkylation sites (tertiary alicyclic amines) is 1. The number of hydrogen-bond acceptors (Lipinski definition) is 3. The Morgan fingerprint density at radius 1 is 1.29 bits per heavy atom. The van der Waals surface area contributed by atoms with E-state index in [1.165, 1.54) is 18.3 Å². The zero-order chi connectivity index (χ0) is 16.8. The van der Waals surface area contributed by atoms with Gasteiger partial charge in [0.15, 0.2) is 0 Å². The lowest BCUT2D eigenvalue weighted by molar-refractivity contribution is -0.139. The molecular weight excluding hydrogens is 300 g/mol. The predicted octanol–water partition coefficient (Wildman–Crippen LogP) is 2.93. The third kappa shape index (κ3) is 4.22. The van der Waals surface area contributed by atoms with Crippen molar-refractivity contribution in [2.45, 2.75) is 51.6 Å². The third-order valence-corrected chi connectivity index (χ3v) is 4.87. The smallest absolute Gasteiger partial charge is 0.227 e. The van der Waals surface area contributed by atoms with E-state index < -0.39 is 0 Å². The number of aromatic nitrogens is 3. The molecule has 1 saturated heterocycles. The summed E-state index contributed by atoms with van der Waals surface area (Å²) < 4.78 is 1.74. The van der Waals surface area contributed by atoms with Crippen molar-refractivity contribution in [3.63, 3.8) is 0 Å². The second-order valence-electron chi connectivity index (χ2n) is 6.72. The van der Waals surface area contributed by atoms with Crippen molar-refractivity contribution in [2.24, 2.45) is 5.92 Å². The van der Waals surface area contributed by atoms with E-state index in [1.54, 1.807) is 11.0 Å². The van der Waals surface area contributed by atoms with Gasteiger partial charge in [0.05, 0.1) is 12.5 Å². The molecule has 1 aliphatic rings. The largest absolute Gasteiger partial charge is 0.339 e.